The molecule has 4 nitrogen and oxygen atoms in total. The van der Waals surface area contributed by atoms with Crippen molar-refractivity contribution in [3.05, 3.63) is 59.7 Å². The van der Waals surface area contributed by atoms with E-state index in [-0.39, 0.29) is 5.69 Å². The van der Waals surface area contributed by atoms with E-state index in [1.165, 1.54) is 5.56 Å². The standard InChI is InChI=1S/C18H20F2N2O2/c1-11(2)13-4-7-15(8-5-13)24-12(3)21-18(23)22-17-10-14(19)6-9-16(17)20/h4-12H,1-3H3,(H2,21,22,23). The predicted molar refractivity (Wildman–Crippen MR) is 89.1 cm³/mol. The highest BCUT2D eigenvalue weighted by Gasteiger charge is 2.12. The molecular formula is C18H20F2N2O2. The number of hydrogen-bond donors (Lipinski definition) is 2. The Hall–Kier alpha value is -2.63. The number of halogens is 2. The maximum atomic E-state index is 13.5. The van der Waals surface area contributed by atoms with Crippen LogP contribution in [0.5, 0.6) is 5.75 Å². The van der Waals surface area contributed by atoms with Crippen molar-refractivity contribution in [1.82, 2.24) is 5.32 Å². The van der Waals surface area contributed by atoms with Gasteiger partial charge in [-0.05, 0) is 42.7 Å². The fraction of sp³-hybridized carbons (Fsp3) is 0.278. The van der Waals surface area contributed by atoms with Crippen molar-refractivity contribution in [2.75, 3.05) is 5.32 Å². The first-order valence-electron chi connectivity index (χ1n) is 7.64. The van der Waals surface area contributed by atoms with Crippen molar-refractivity contribution >= 4 is 11.7 Å². The first-order valence-corrected chi connectivity index (χ1v) is 7.64. The second kappa shape index (κ2) is 7.77. The number of nitrogens with one attached hydrogen (secondary N) is 2. The molecule has 128 valence electrons. The molecular weight excluding hydrogens is 314 g/mol. The van der Waals surface area contributed by atoms with Crippen molar-refractivity contribution in [2.45, 2.75) is 32.9 Å². The zero-order valence-electron chi connectivity index (χ0n) is 13.8. The average Bonchev–Trinajstić information content (AvgIpc) is 2.51. The van der Waals surface area contributed by atoms with E-state index in [9.17, 15) is 13.6 Å². The first kappa shape index (κ1) is 17.7. The Balaban J connectivity index is 1.90. The summed E-state index contributed by atoms with van der Waals surface area (Å²) in [6, 6.07) is 9.68. The molecule has 6 heteroatoms. The molecule has 0 aliphatic rings. The normalized spacial score (nSPS) is 11.9. The zero-order valence-corrected chi connectivity index (χ0v) is 13.8. The van der Waals surface area contributed by atoms with E-state index < -0.39 is 23.9 Å². The zero-order chi connectivity index (χ0) is 17.7. The van der Waals surface area contributed by atoms with Crippen LogP contribution in [0.2, 0.25) is 0 Å². The molecule has 2 rings (SSSR count). The smallest absolute Gasteiger partial charge is 0.322 e. The number of ether oxygens (including phenoxy) is 1. The van der Waals surface area contributed by atoms with Gasteiger partial charge in [-0.15, -0.1) is 0 Å². The monoisotopic (exact) mass is 334 g/mol. The Kier molecular flexibility index (Phi) is 5.73. The lowest BCUT2D eigenvalue weighted by Crippen LogP contribution is -2.39. The minimum absolute atomic E-state index is 0.235. The summed E-state index contributed by atoms with van der Waals surface area (Å²) in [4.78, 5) is 11.8. The van der Waals surface area contributed by atoms with Crippen LogP contribution in [0, 0.1) is 11.6 Å². The van der Waals surface area contributed by atoms with Gasteiger partial charge in [0.15, 0.2) is 6.23 Å². The number of carbonyl (C=O) groups excluding carboxylic acids is 1. The first-order chi connectivity index (χ1) is 11.3. The lowest BCUT2D eigenvalue weighted by Gasteiger charge is -2.17. The molecule has 0 heterocycles. The van der Waals surface area contributed by atoms with Crippen LogP contribution in [-0.2, 0) is 0 Å². The topological polar surface area (TPSA) is 50.4 Å². The van der Waals surface area contributed by atoms with E-state index in [2.05, 4.69) is 24.5 Å². The molecule has 0 aromatic heterocycles. The molecule has 0 fully saturated rings. The molecule has 0 aliphatic heterocycles. The lowest BCUT2D eigenvalue weighted by atomic mass is 10.0. The van der Waals surface area contributed by atoms with Gasteiger partial charge in [0.2, 0.25) is 0 Å². The molecule has 2 amide bonds. The van der Waals surface area contributed by atoms with E-state index >= 15 is 0 Å². The Labute approximate surface area is 139 Å². The van der Waals surface area contributed by atoms with Gasteiger partial charge < -0.3 is 15.4 Å². The Morgan fingerprint density at radius 3 is 2.33 bits per heavy atom. The Morgan fingerprint density at radius 2 is 1.71 bits per heavy atom. The van der Waals surface area contributed by atoms with E-state index in [0.29, 0.717) is 11.7 Å². The molecule has 0 saturated heterocycles. The third kappa shape index (κ3) is 4.94. The summed E-state index contributed by atoms with van der Waals surface area (Å²) in [5.41, 5.74) is 0.947. The Bertz CT molecular complexity index is 703. The molecule has 24 heavy (non-hydrogen) atoms. The van der Waals surface area contributed by atoms with Gasteiger partial charge >= 0.3 is 6.03 Å². The minimum atomic E-state index is -0.718. The highest BCUT2D eigenvalue weighted by molar-refractivity contribution is 5.89. The Morgan fingerprint density at radius 1 is 1.04 bits per heavy atom. The van der Waals surface area contributed by atoms with Crippen LogP contribution in [0.15, 0.2) is 42.5 Å². The number of rotatable bonds is 5. The molecule has 1 atom stereocenters. The quantitative estimate of drug-likeness (QED) is 0.783. The van der Waals surface area contributed by atoms with E-state index in [1.807, 2.05) is 24.3 Å². The van der Waals surface area contributed by atoms with Crippen LogP contribution in [0.3, 0.4) is 0 Å². The molecule has 0 bridgehead atoms. The predicted octanol–water partition coefficient (Wildman–Crippen LogP) is 4.63. The third-order valence-electron chi connectivity index (χ3n) is 3.37. The van der Waals surface area contributed by atoms with Crippen LogP contribution in [0.1, 0.15) is 32.3 Å². The molecule has 1 unspecified atom stereocenters. The lowest BCUT2D eigenvalue weighted by molar-refractivity contribution is 0.183. The molecule has 2 N–H and O–H groups in total. The van der Waals surface area contributed by atoms with Crippen LogP contribution in [-0.4, -0.2) is 12.3 Å². The number of urea groups is 1. The summed E-state index contributed by atoms with van der Waals surface area (Å²) in [5, 5.41) is 4.75. The summed E-state index contributed by atoms with van der Waals surface area (Å²) in [5.74, 6) is -0.337. The van der Waals surface area contributed by atoms with Gasteiger partial charge in [0.25, 0.3) is 0 Å². The fourth-order valence-electron chi connectivity index (χ4n) is 2.10. The maximum Gasteiger partial charge on any atom is 0.322 e. The van der Waals surface area contributed by atoms with Gasteiger partial charge in [-0.1, -0.05) is 26.0 Å². The summed E-state index contributed by atoms with van der Waals surface area (Å²) < 4.78 is 32.1. The maximum absolute atomic E-state index is 13.5. The van der Waals surface area contributed by atoms with Crippen molar-refractivity contribution in [3.8, 4) is 5.75 Å². The van der Waals surface area contributed by atoms with Crippen molar-refractivity contribution in [1.29, 1.82) is 0 Å². The van der Waals surface area contributed by atoms with Crippen LogP contribution in [0.4, 0.5) is 19.3 Å². The van der Waals surface area contributed by atoms with Crippen LogP contribution < -0.4 is 15.4 Å². The second-order valence-corrected chi connectivity index (χ2v) is 5.71. The second-order valence-electron chi connectivity index (χ2n) is 5.71. The molecule has 0 spiro atoms. The number of amides is 2. The summed E-state index contributed by atoms with van der Waals surface area (Å²) in [7, 11) is 0. The van der Waals surface area contributed by atoms with Crippen molar-refractivity contribution in [2.24, 2.45) is 0 Å². The van der Waals surface area contributed by atoms with Gasteiger partial charge in [0.1, 0.15) is 17.4 Å². The molecule has 0 radical (unpaired) electrons. The van der Waals surface area contributed by atoms with E-state index in [0.717, 1.165) is 18.2 Å². The third-order valence-corrected chi connectivity index (χ3v) is 3.37. The number of carbonyl (C=O) groups is 1. The van der Waals surface area contributed by atoms with Gasteiger partial charge in [-0.25, -0.2) is 13.6 Å². The van der Waals surface area contributed by atoms with Gasteiger partial charge in [0, 0.05) is 6.07 Å². The fourth-order valence-corrected chi connectivity index (χ4v) is 2.10. The molecule has 0 aliphatic carbocycles. The summed E-state index contributed by atoms with van der Waals surface area (Å²) in [6.45, 7) is 5.82. The van der Waals surface area contributed by atoms with Crippen molar-refractivity contribution < 1.29 is 18.3 Å². The number of anilines is 1. The average molecular weight is 334 g/mol. The number of hydrogen-bond acceptors (Lipinski definition) is 2. The summed E-state index contributed by atoms with van der Waals surface area (Å²) in [6.07, 6.45) is -0.647. The highest BCUT2D eigenvalue weighted by Crippen LogP contribution is 2.19. The molecule has 0 saturated carbocycles. The summed E-state index contributed by atoms with van der Waals surface area (Å²) >= 11 is 0. The van der Waals surface area contributed by atoms with Crippen LogP contribution in [0.25, 0.3) is 0 Å². The highest BCUT2D eigenvalue weighted by atomic mass is 19.1. The number of benzene rings is 2. The molecule has 2 aromatic rings. The minimum Gasteiger partial charge on any atom is -0.471 e. The SMILES string of the molecule is CC(NC(=O)Nc1cc(F)ccc1F)Oc1ccc(C(C)C)cc1. The van der Waals surface area contributed by atoms with E-state index in [4.69, 9.17) is 4.74 Å². The van der Waals surface area contributed by atoms with Crippen LogP contribution >= 0.6 is 0 Å². The van der Waals surface area contributed by atoms with Gasteiger partial charge in [0.05, 0.1) is 5.69 Å². The van der Waals surface area contributed by atoms with Crippen molar-refractivity contribution in [3.63, 3.8) is 0 Å². The molecule has 2 aromatic carbocycles. The van der Waals surface area contributed by atoms with Gasteiger partial charge in [-0.2, -0.15) is 0 Å². The van der Waals surface area contributed by atoms with Gasteiger partial charge in [-0.3, -0.25) is 0 Å². The largest absolute Gasteiger partial charge is 0.471 e. The van der Waals surface area contributed by atoms with E-state index in [1.54, 1.807) is 6.92 Å².